The summed E-state index contributed by atoms with van der Waals surface area (Å²) in [7, 11) is 0. The van der Waals surface area contributed by atoms with E-state index in [1.54, 1.807) is 11.3 Å². The van der Waals surface area contributed by atoms with Crippen LogP contribution in [0.2, 0.25) is 0 Å². The van der Waals surface area contributed by atoms with Crippen molar-refractivity contribution in [3.63, 3.8) is 0 Å². The number of thiophene rings is 1. The van der Waals surface area contributed by atoms with Crippen molar-refractivity contribution in [2.24, 2.45) is 0 Å². The smallest absolute Gasteiger partial charge is 0.154 e. The summed E-state index contributed by atoms with van der Waals surface area (Å²) in [6.07, 6.45) is 0. The van der Waals surface area contributed by atoms with Gasteiger partial charge >= 0.3 is 0 Å². The lowest BCUT2D eigenvalue weighted by Gasteiger charge is -2.05. The third-order valence-corrected chi connectivity index (χ3v) is 3.86. The highest BCUT2D eigenvalue weighted by Gasteiger charge is 2.16. The van der Waals surface area contributed by atoms with E-state index in [4.69, 9.17) is 5.73 Å². The molecule has 1 aromatic carbocycles. The van der Waals surface area contributed by atoms with E-state index in [1.165, 1.54) is 5.56 Å². The molecule has 2 heterocycles. The summed E-state index contributed by atoms with van der Waals surface area (Å²) in [5.41, 5.74) is 10.3. The van der Waals surface area contributed by atoms with Gasteiger partial charge < -0.3 is 5.73 Å². The first kappa shape index (κ1) is 11.0. The van der Waals surface area contributed by atoms with E-state index in [0.29, 0.717) is 5.82 Å². The van der Waals surface area contributed by atoms with Crippen LogP contribution in [-0.4, -0.2) is 10.2 Å². The molecule has 0 unspecified atom stereocenters. The Hall–Kier alpha value is -2.07. The van der Waals surface area contributed by atoms with E-state index in [9.17, 15) is 0 Å². The van der Waals surface area contributed by atoms with E-state index < -0.39 is 0 Å². The van der Waals surface area contributed by atoms with Gasteiger partial charge in [0, 0.05) is 10.4 Å². The van der Waals surface area contributed by atoms with Crippen LogP contribution >= 0.6 is 11.3 Å². The maximum absolute atomic E-state index is 5.98. The standard InChI is InChI=1S/C14H13N3S/c1-9-5-2-3-6-10(9)13-12(14(15)17-16-13)11-7-4-8-18-11/h2-8H,1H3,(H3,15,16,17). The van der Waals surface area contributed by atoms with Crippen LogP contribution in [0.15, 0.2) is 41.8 Å². The van der Waals surface area contributed by atoms with E-state index in [2.05, 4.69) is 35.3 Å². The number of nitrogens with zero attached hydrogens (tertiary/aromatic N) is 1. The molecule has 4 heteroatoms. The zero-order chi connectivity index (χ0) is 12.5. The van der Waals surface area contributed by atoms with Gasteiger partial charge in [-0.05, 0) is 23.9 Å². The minimum absolute atomic E-state index is 0.552. The van der Waals surface area contributed by atoms with Crippen LogP contribution in [0.4, 0.5) is 5.82 Å². The summed E-state index contributed by atoms with van der Waals surface area (Å²) < 4.78 is 0. The number of aromatic nitrogens is 2. The van der Waals surface area contributed by atoms with Crippen molar-refractivity contribution in [1.29, 1.82) is 0 Å². The minimum Gasteiger partial charge on any atom is -0.382 e. The zero-order valence-electron chi connectivity index (χ0n) is 9.97. The van der Waals surface area contributed by atoms with Crippen molar-refractivity contribution in [3.05, 3.63) is 47.3 Å². The number of aryl methyl sites for hydroxylation is 1. The minimum atomic E-state index is 0.552. The highest BCUT2D eigenvalue weighted by molar-refractivity contribution is 7.13. The second-order valence-corrected chi connectivity index (χ2v) is 5.10. The van der Waals surface area contributed by atoms with Crippen LogP contribution < -0.4 is 5.73 Å². The Morgan fingerprint density at radius 1 is 1.17 bits per heavy atom. The van der Waals surface area contributed by atoms with E-state index in [0.717, 1.165) is 21.7 Å². The molecule has 0 aliphatic heterocycles. The molecular formula is C14H13N3S. The number of benzene rings is 1. The Morgan fingerprint density at radius 2 is 2.00 bits per heavy atom. The lowest BCUT2D eigenvalue weighted by Crippen LogP contribution is -1.88. The topological polar surface area (TPSA) is 54.7 Å². The number of nitrogens with two attached hydrogens (primary N) is 1. The summed E-state index contributed by atoms with van der Waals surface area (Å²) in [5.74, 6) is 0.552. The summed E-state index contributed by atoms with van der Waals surface area (Å²) in [6.45, 7) is 2.09. The van der Waals surface area contributed by atoms with Gasteiger partial charge in [-0.15, -0.1) is 11.3 Å². The molecular weight excluding hydrogens is 242 g/mol. The Labute approximate surface area is 109 Å². The molecule has 0 amide bonds. The molecule has 0 saturated carbocycles. The normalized spacial score (nSPS) is 10.7. The molecule has 0 radical (unpaired) electrons. The van der Waals surface area contributed by atoms with Crippen LogP contribution in [0.25, 0.3) is 21.7 Å². The van der Waals surface area contributed by atoms with Crippen molar-refractivity contribution < 1.29 is 0 Å². The van der Waals surface area contributed by atoms with Crippen LogP contribution in [0, 0.1) is 6.92 Å². The van der Waals surface area contributed by atoms with Crippen molar-refractivity contribution in [2.75, 3.05) is 5.73 Å². The molecule has 3 N–H and O–H groups in total. The summed E-state index contributed by atoms with van der Waals surface area (Å²) in [5, 5.41) is 9.25. The third kappa shape index (κ3) is 1.71. The van der Waals surface area contributed by atoms with E-state index in [-0.39, 0.29) is 0 Å². The molecule has 3 aromatic rings. The molecule has 0 spiro atoms. The fourth-order valence-electron chi connectivity index (χ4n) is 2.07. The molecule has 0 aliphatic rings. The second kappa shape index (κ2) is 4.31. The van der Waals surface area contributed by atoms with Gasteiger partial charge in [-0.3, -0.25) is 5.10 Å². The maximum atomic E-state index is 5.98. The predicted octanol–water partition coefficient (Wildman–Crippen LogP) is 3.70. The highest BCUT2D eigenvalue weighted by atomic mass is 32.1. The number of anilines is 1. The highest BCUT2D eigenvalue weighted by Crippen LogP contribution is 2.37. The molecule has 3 rings (SSSR count). The number of nitrogens with one attached hydrogen (secondary N) is 1. The van der Waals surface area contributed by atoms with Gasteiger partial charge in [0.05, 0.1) is 11.3 Å². The zero-order valence-corrected chi connectivity index (χ0v) is 10.8. The first-order valence-electron chi connectivity index (χ1n) is 5.71. The number of hydrogen-bond donors (Lipinski definition) is 2. The van der Waals surface area contributed by atoms with Crippen molar-refractivity contribution in [1.82, 2.24) is 10.2 Å². The number of nitrogen functional groups attached to an aromatic ring is 1. The van der Waals surface area contributed by atoms with Crippen LogP contribution in [0.5, 0.6) is 0 Å². The van der Waals surface area contributed by atoms with Crippen molar-refractivity contribution >= 4 is 17.2 Å². The molecule has 90 valence electrons. The van der Waals surface area contributed by atoms with Crippen LogP contribution in [0.3, 0.4) is 0 Å². The fourth-order valence-corrected chi connectivity index (χ4v) is 2.86. The average molecular weight is 255 g/mol. The van der Waals surface area contributed by atoms with E-state index >= 15 is 0 Å². The lowest BCUT2D eigenvalue weighted by molar-refractivity contribution is 1.10. The molecule has 0 bridgehead atoms. The molecule has 3 nitrogen and oxygen atoms in total. The Morgan fingerprint density at radius 3 is 2.72 bits per heavy atom. The number of H-pyrrole nitrogens is 1. The number of rotatable bonds is 2. The Bertz CT molecular complexity index is 668. The van der Waals surface area contributed by atoms with Gasteiger partial charge in [0.15, 0.2) is 5.82 Å². The first-order chi connectivity index (χ1) is 8.77. The maximum Gasteiger partial charge on any atom is 0.154 e. The van der Waals surface area contributed by atoms with Crippen LogP contribution in [-0.2, 0) is 0 Å². The summed E-state index contributed by atoms with van der Waals surface area (Å²) >= 11 is 1.67. The van der Waals surface area contributed by atoms with Gasteiger partial charge in [0.2, 0.25) is 0 Å². The van der Waals surface area contributed by atoms with Gasteiger partial charge in [-0.1, -0.05) is 30.3 Å². The molecule has 0 fully saturated rings. The number of aromatic amines is 1. The Balaban J connectivity index is 2.23. The molecule has 0 atom stereocenters. The third-order valence-electron chi connectivity index (χ3n) is 2.98. The van der Waals surface area contributed by atoms with Crippen LogP contribution in [0.1, 0.15) is 5.56 Å². The fraction of sp³-hybridized carbons (Fsp3) is 0.0714. The molecule has 2 aromatic heterocycles. The van der Waals surface area contributed by atoms with Crippen molar-refractivity contribution in [3.8, 4) is 21.7 Å². The average Bonchev–Trinajstić information content (AvgIpc) is 2.98. The molecule has 0 aliphatic carbocycles. The predicted molar refractivity (Wildman–Crippen MR) is 76.5 cm³/mol. The number of hydrogen-bond acceptors (Lipinski definition) is 3. The second-order valence-electron chi connectivity index (χ2n) is 4.15. The Kier molecular flexibility index (Phi) is 2.64. The molecule has 18 heavy (non-hydrogen) atoms. The van der Waals surface area contributed by atoms with E-state index in [1.807, 2.05) is 23.6 Å². The van der Waals surface area contributed by atoms with Gasteiger partial charge in [-0.25, -0.2) is 0 Å². The van der Waals surface area contributed by atoms with Gasteiger partial charge in [-0.2, -0.15) is 5.10 Å². The lowest BCUT2D eigenvalue weighted by atomic mass is 10.0. The van der Waals surface area contributed by atoms with Crippen molar-refractivity contribution in [2.45, 2.75) is 6.92 Å². The monoisotopic (exact) mass is 255 g/mol. The SMILES string of the molecule is Cc1ccccc1-c1[nH]nc(N)c1-c1cccs1. The summed E-state index contributed by atoms with van der Waals surface area (Å²) in [4.78, 5) is 1.14. The largest absolute Gasteiger partial charge is 0.382 e. The quantitative estimate of drug-likeness (QED) is 0.733. The molecule has 0 saturated heterocycles. The summed E-state index contributed by atoms with van der Waals surface area (Å²) in [6, 6.07) is 12.3. The first-order valence-corrected chi connectivity index (χ1v) is 6.59. The van der Waals surface area contributed by atoms with Gasteiger partial charge in [0.1, 0.15) is 0 Å². The van der Waals surface area contributed by atoms with Gasteiger partial charge in [0.25, 0.3) is 0 Å².